The molecule has 2 aromatic carbocycles. The van der Waals surface area contributed by atoms with Gasteiger partial charge in [0, 0.05) is 59.8 Å². The van der Waals surface area contributed by atoms with E-state index in [2.05, 4.69) is 0 Å². The second-order valence-electron chi connectivity index (χ2n) is 15.4. The van der Waals surface area contributed by atoms with Crippen LogP contribution < -0.4 is 4.90 Å². The largest absolute Gasteiger partial charge is 0.344 e. The van der Waals surface area contributed by atoms with E-state index in [4.69, 9.17) is 0 Å². The molecule has 2 heterocycles. The summed E-state index contributed by atoms with van der Waals surface area (Å²) in [6, 6.07) is 8.33. The van der Waals surface area contributed by atoms with Crippen molar-refractivity contribution in [2.45, 2.75) is 108 Å². The molecule has 0 saturated heterocycles. The van der Waals surface area contributed by atoms with Gasteiger partial charge < -0.3 is 4.90 Å². The van der Waals surface area contributed by atoms with Gasteiger partial charge in [-0.25, -0.2) is 0 Å². The van der Waals surface area contributed by atoms with Crippen molar-refractivity contribution in [3.05, 3.63) is 83.6 Å². The fourth-order valence-electron chi connectivity index (χ4n) is 7.49. The number of allylic oxidation sites excluding steroid dienone is 6. The molecule has 0 amide bonds. The topological polar surface area (TPSA) is 241 Å². The number of ketones is 1. The van der Waals surface area contributed by atoms with Crippen molar-refractivity contribution in [2.75, 3.05) is 29.5 Å². The van der Waals surface area contributed by atoms with Gasteiger partial charge in [-0.3, -0.25) is 23.0 Å². The number of hydrogen-bond acceptors (Lipinski definition) is 10. The van der Waals surface area contributed by atoms with Crippen molar-refractivity contribution in [3.63, 3.8) is 0 Å². The molecule has 19 heteroatoms. The van der Waals surface area contributed by atoms with Gasteiger partial charge in [0.15, 0.2) is 5.71 Å². The fourth-order valence-corrected chi connectivity index (χ4v) is 9.49. The minimum Gasteiger partial charge on any atom is -0.344 e. The van der Waals surface area contributed by atoms with Gasteiger partial charge in [-0.05, 0) is 82.0 Å². The zero-order chi connectivity index (χ0) is 44.8. The van der Waals surface area contributed by atoms with E-state index in [9.17, 15) is 56.7 Å². The standard InChI is InChI=1S/C38H50N2O13S4.C2H6/c1-27(2)34(41)13-9-10-20-38(5)31-26-29(57(51,52)53)17-19-33(31)40(22-12-24-55(45,46)47)36(38)15-8-6-7-14-35-37(3,4)30-25-28(56(48,49)50)16-18-32(30)39(35)21-11-23-54(42,43)44;1-2/h6-8,14-19,25-27H,9-13,20-24H2,1-5H3,(H3-,42,43,44,45,46,47,48,49,50,51,52,53);1-2H3/p+1. The molecule has 0 saturated carbocycles. The molecule has 2 aromatic rings. The molecule has 2 aliphatic heterocycles. The third kappa shape index (κ3) is 12.7. The number of fused-ring (bicyclic) bond motifs is 2. The lowest BCUT2D eigenvalue weighted by Gasteiger charge is -2.30. The summed E-state index contributed by atoms with van der Waals surface area (Å²) in [5.41, 5.74) is 1.94. The number of rotatable bonds is 19. The molecule has 0 aliphatic carbocycles. The van der Waals surface area contributed by atoms with Gasteiger partial charge in [-0.15, -0.1) is 0 Å². The van der Waals surface area contributed by atoms with Crippen LogP contribution in [0.25, 0.3) is 0 Å². The molecule has 1 atom stereocenters. The lowest BCUT2D eigenvalue weighted by atomic mass is 9.77. The van der Waals surface area contributed by atoms with Crippen LogP contribution in [0.1, 0.15) is 98.1 Å². The number of hydrogen-bond donors (Lipinski definition) is 4. The summed E-state index contributed by atoms with van der Waals surface area (Å²) in [6.07, 6.45) is 10.8. The highest BCUT2D eigenvalue weighted by molar-refractivity contribution is 7.86. The number of benzene rings is 2. The van der Waals surface area contributed by atoms with Crippen LogP contribution in [-0.2, 0) is 56.1 Å². The van der Waals surface area contributed by atoms with Crippen LogP contribution in [0, 0.1) is 5.92 Å². The summed E-state index contributed by atoms with van der Waals surface area (Å²) in [7, 11) is -17.7. The highest BCUT2D eigenvalue weighted by Gasteiger charge is 2.45. The molecule has 4 rings (SSSR count). The Labute approximate surface area is 349 Å². The first-order valence-electron chi connectivity index (χ1n) is 19.3. The van der Waals surface area contributed by atoms with Crippen LogP contribution in [-0.4, -0.2) is 92.5 Å². The number of carbonyl (C=O) groups is 1. The van der Waals surface area contributed by atoms with Gasteiger partial charge in [-0.2, -0.15) is 38.2 Å². The summed E-state index contributed by atoms with van der Waals surface area (Å²) in [5, 5.41) is 0. The zero-order valence-corrected chi connectivity index (χ0v) is 37.8. The number of anilines is 1. The summed E-state index contributed by atoms with van der Waals surface area (Å²) >= 11 is 0. The Morgan fingerprint density at radius 2 is 1.31 bits per heavy atom. The van der Waals surface area contributed by atoms with Gasteiger partial charge in [0.2, 0.25) is 5.69 Å². The number of Topliss-reactive ketones (excluding diaryl/α,β-unsaturated/α-hetero) is 1. The molecular weight excluding hydrogens is 845 g/mol. The summed E-state index contributed by atoms with van der Waals surface area (Å²) in [5.74, 6) is -1.04. The summed E-state index contributed by atoms with van der Waals surface area (Å²) < 4.78 is 135. The van der Waals surface area contributed by atoms with E-state index >= 15 is 0 Å². The Bertz CT molecular complexity index is 2470. The number of nitrogens with zero attached hydrogens (tertiary/aromatic N) is 2. The fraction of sp³-hybridized carbons (Fsp3) is 0.500. The minimum atomic E-state index is -4.59. The van der Waals surface area contributed by atoms with E-state index in [0.29, 0.717) is 59.6 Å². The van der Waals surface area contributed by atoms with Crippen molar-refractivity contribution in [2.24, 2.45) is 5.92 Å². The van der Waals surface area contributed by atoms with Crippen LogP contribution in [0.5, 0.6) is 0 Å². The second kappa shape index (κ2) is 19.4. The first-order valence-corrected chi connectivity index (χ1v) is 25.4. The predicted octanol–water partition coefficient (Wildman–Crippen LogP) is 6.70. The lowest BCUT2D eigenvalue weighted by Crippen LogP contribution is -2.30. The third-order valence-electron chi connectivity index (χ3n) is 10.5. The Balaban J connectivity index is 0.00000458. The number of unbranched alkanes of at least 4 members (excludes halogenated alkanes) is 1. The minimum absolute atomic E-state index is 0.0267. The Morgan fingerprint density at radius 1 is 0.746 bits per heavy atom. The molecule has 0 aromatic heterocycles. The van der Waals surface area contributed by atoms with Crippen LogP contribution in [0.3, 0.4) is 0 Å². The zero-order valence-electron chi connectivity index (χ0n) is 34.5. The van der Waals surface area contributed by atoms with Crippen LogP contribution in [0.15, 0.2) is 82.3 Å². The summed E-state index contributed by atoms with van der Waals surface area (Å²) in [4.78, 5) is 13.6. The highest BCUT2D eigenvalue weighted by Crippen LogP contribution is 2.51. The first kappa shape index (κ1) is 49.8. The van der Waals surface area contributed by atoms with Crippen LogP contribution in [0.4, 0.5) is 11.4 Å². The average Bonchev–Trinajstić information content (AvgIpc) is 3.47. The maximum absolute atomic E-state index is 12.4. The highest BCUT2D eigenvalue weighted by atomic mass is 32.2. The monoisotopic (exact) mass is 901 g/mol. The van der Waals surface area contributed by atoms with Crippen LogP contribution >= 0.6 is 0 Å². The Kier molecular flexibility index (Phi) is 16.4. The van der Waals surface area contributed by atoms with E-state index in [1.165, 1.54) is 36.4 Å². The normalized spacial score (nSPS) is 18.8. The quantitative estimate of drug-likeness (QED) is 0.0497. The van der Waals surface area contributed by atoms with E-state index in [1.807, 2.05) is 57.9 Å². The molecule has 0 bridgehead atoms. The molecule has 0 fully saturated rings. The van der Waals surface area contributed by atoms with E-state index in [1.54, 1.807) is 30.4 Å². The molecule has 0 radical (unpaired) electrons. The van der Waals surface area contributed by atoms with Gasteiger partial charge in [0.05, 0.1) is 26.7 Å². The van der Waals surface area contributed by atoms with Crippen molar-refractivity contribution in [1.82, 2.24) is 0 Å². The van der Waals surface area contributed by atoms with Gasteiger partial charge in [-0.1, -0.05) is 52.3 Å². The molecule has 0 spiro atoms. The van der Waals surface area contributed by atoms with Crippen molar-refractivity contribution in [1.29, 1.82) is 0 Å². The van der Waals surface area contributed by atoms with Crippen molar-refractivity contribution in [3.8, 4) is 0 Å². The molecule has 15 nitrogen and oxygen atoms in total. The van der Waals surface area contributed by atoms with Gasteiger partial charge in [0.25, 0.3) is 40.5 Å². The third-order valence-corrected chi connectivity index (χ3v) is 13.8. The smallest absolute Gasteiger partial charge is 0.294 e. The second-order valence-corrected chi connectivity index (χ2v) is 21.3. The maximum Gasteiger partial charge on any atom is 0.294 e. The number of carbonyl (C=O) groups excluding carboxylic acids is 1. The molecule has 2 aliphatic rings. The van der Waals surface area contributed by atoms with E-state index in [0.717, 1.165) is 0 Å². The lowest BCUT2D eigenvalue weighted by molar-refractivity contribution is -0.437. The average molecular weight is 902 g/mol. The first-order chi connectivity index (χ1) is 27.2. The molecular formula is C40H57N2O13S4+. The molecule has 328 valence electrons. The molecule has 4 N–H and O–H groups in total. The van der Waals surface area contributed by atoms with Gasteiger partial charge >= 0.3 is 0 Å². The van der Waals surface area contributed by atoms with Crippen LogP contribution in [0.2, 0.25) is 0 Å². The van der Waals surface area contributed by atoms with E-state index in [-0.39, 0.29) is 47.4 Å². The van der Waals surface area contributed by atoms with E-state index < -0.39 is 62.8 Å². The Hall–Kier alpha value is -3.56. The van der Waals surface area contributed by atoms with Gasteiger partial charge in [0.1, 0.15) is 12.3 Å². The molecule has 1 unspecified atom stereocenters. The predicted molar refractivity (Wildman–Crippen MR) is 228 cm³/mol. The SMILES string of the molecule is CC.CC(C)C(=O)CCCCC1(C)\C(=C/C=C/C=C/C2=[N+](CCCS(=O)(=O)O)c3ccc(S(=O)(=O)O)cc3C2(C)C)N(CCCS(=O)(=O)O)c2ccc(S(=O)(=O)O)cc21. The van der Waals surface area contributed by atoms with Crippen molar-refractivity contribution >= 4 is 63.3 Å². The Morgan fingerprint density at radius 3 is 1.86 bits per heavy atom. The van der Waals surface area contributed by atoms with Crippen molar-refractivity contribution < 1.29 is 61.3 Å². The summed E-state index contributed by atoms with van der Waals surface area (Å²) in [6.45, 7) is 13.5. The molecule has 59 heavy (non-hydrogen) atoms. The maximum atomic E-state index is 12.4.